The van der Waals surface area contributed by atoms with Crippen LogP contribution in [0.2, 0.25) is 0 Å². The Labute approximate surface area is 98.9 Å². The zero-order valence-corrected chi connectivity index (χ0v) is 10.5. The largest absolute Gasteiger partial charge is 0.377 e. The molecule has 1 N–H and O–H groups in total. The maximum absolute atomic E-state index is 6.17. The van der Waals surface area contributed by atoms with Crippen LogP contribution in [0.5, 0.6) is 0 Å². The monoisotopic (exact) mass is 227 g/mol. The van der Waals surface area contributed by atoms with Crippen molar-refractivity contribution in [3.63, 3.8) is 0 Å². The molecule has 1 saturated carbocycles. The van der Waals surface area contributed by atoms with E-state index in [1.165, 1.54) is 38.5 Å². The van der Waals surface area contributed by atoms with E-state index in [-0.39, 0.29) is 5.60 Å². The maximum Gasteiger partial charge on any atom is 0.0817 e. The molecule has 16 heavy (non-hydrogen) atoms. The summed E-state index contributed by atoms with van der Waals surface area (Å²) in [6, 6.07) is 0. The van der Waals surface area contributed by atoms with Gasteiger partial charge >= 0.3 is 0 Å². The van der Waals surface area contributed by atoms with E-state index in [0.717, 1.165) is 26.3 Å². The fourth-order valence-electron chi connectivity index (χ4n) is 2.94. The normalized spacial score (nSPS) is 27.9. The molecule has 1 aliphatic carbocycles. The van der Waals surface area contributed by atoms with Crippen LogP contribution in [-0.4, -0.2) is 38.0 Å². The molecular formula is C13H25NO2. The molecule has 0 radical (unpaired) electrons. The van der Waals surface area contributed by atoms with Crippen molar-refractivity contribution in [3.05, 3.63) is 0 Å². The molecule has 0 amide bonds. The van der Waals surface area contributed by atoms with Crippen molar-refractivity contribution >= 4 is 0 Å². The lowest BCUT2D eigenvalue weighted by Gasteiger charge is -2.23. The van der Waals surface area contributed by atoms with Gasteiger partial charge in [0.15, 0.2) is 0 Å². The molecule has 1 aliphatic heterocycles. The van der Waals surface area contributed by atoms with Gasteiger partial charge in [-0.3, -0.25) is 0 Å². The molecule has 0 bridgehead atoms. The van der Waals surface area contributed by atoms with Gasteiger partial charge < -0.3 is 14.8 Å². The molecule has 94 valence electrons. The van der Waals surface area contributed by atoms with Crippen LogP contribution in [0.3, 0.4) is 0 Å². The molecule has 1 saturated heterocycles. The van der Waals surface area contributed by atoms with Crippen LogP contribution in [0, 0.1) is 0 Å². The van der Waals surface area contributed by atoms with E-state index < -0.39 is 0 Å². The smallest absolute Gasteiger partial charge is 0.0817 e. The van der Waals surface area contributed by atoms with E-state index in [1.54, 1.807) is 0 Å². The number of ether oxygens (including phenoxy) is 2. The second kappa shape index (κ2) is 5.99. The fraction of sp³-hybridized carbons (Fsp3) is 1.00. The molecule has 2 rings (SSSR count). The first-order valence-electron chi connectivity index (χ1n) is 6.81. The third-order valence-corrected chi connectivity index (χ3v) is 3.83. The average molecular weight is 227 g/mol. The summed E-state index contributed by atoms with van der Waals surface area (Å²) in [5.74, 6) is 0. The van der Waals surface area contributed by atoms with Gasteiger partial charge in [0, 0.05) is 6.54 Å². The Morgan fingerprint density at radius 1 is 1.31 bits per heavy atom. The summed E-state index contributed by atoms with van der Waals surface area (Å²) >= 11 is 0. The SMILES string of the molecule is CCNCCOCC1CCC2(CCCC2)O1. The van der Waals surface area contributed by atoms with Gasteiger partial charge in [0.2, 0.25) is 0 Å². The molecule has 0 aromatic rings. The van der Waals surface area contributed by atoms with Gasteiger partial charge in [-0.25, -0.2) is 0 Å². The van der Waals surface area contributed by atoms with Crippen LogP contribution < -0.4 is 5.32 Å². The van der Waals surface area contributed by atoms with Gasteiger partial charge in [0.25, 0.3) is 0 Å². The third kappa shape index (κ3) is 3.19. The summed E-state index contributed by atoms with van der Waals surface area (Å²) < 4.78 is 11.8. The first-order valence-corrected chi connectivity index (χ1v) is 6.81. The minimum atomic E-state index is 0.260. The molecule has 1 unspecified atom stereocenters. The summed E-state index contributed by atoms with van der Waals surface area (Å²) in [6.45, 7) is 5.68. The Morgan fingerprint density at radius 2 is 2.12 bits per heavy atom. The van der Waals surface area contributed by atoms with Gasteiger partial charge in [0.05, 0.1) is 24.9 Å². The van der Waals surface area contributed by atoms with E-state index in [4.69, 9.17) is 9.47 Å². The molecule has 1 atom stereocenters. The zero-order chi connectivity index (χ0) is 11.3. The van der Waals surface area contributed by atoms with Gasteiger partial charge in [-0.1, -0.05) is 19.8 Å². The van der Waals surface area contributed by atoms with Crippen LogP contribution in [0.4, 0.5) is 0 Å². The van der Waals surface area contributed by atoms with Crippen molar-refractivity contribution in [1.29, 1.82) is 0 Å². The number of likely N-dealkylation sites (N-methyl/N-ethyl adjacent to an activating group) is 1. The van der Waals surface area contributed by atoms with Crippen LogP contribution >= 0.6 is 0 Å². The molecule has 2 aliphatic rings. The predicted molar refractivity (Wildman–Crippen MR) is 64.7 cm³/mol. The molecule has 0 aromatic heterocycles. The molecule has 0 aromatic carbocycles. The number of hydrogen-bond donors (Lipinski definition) is 1. The summed E-state index contributed by atoms with van der Waals surface area (Å²) in [7, 11) is 0. The summed E-state index contributed by atoms with van der Waals surface area (Å²) in [5, 5.41) is 3.26. The Morgan fingerprint density at radius 3 is 2.88 bits per heavy atom. The summed E-state index contributed by atoms with van der Waals surface area (Å²) in [6.07, 6.45) is 8.08. The lowest BCUT2D eigenvalue weighted by molar-refractivity contribution is -0.0674. The highest BCUT2D eigenvalue weighted by molar-refractivity contribution is 4.92. The minimum Gasteiger partial charge on any atom is -0.377 e. The van der Waals surface area contributed by atoms with Crippen molar-refractivity contribution in [3.8, 4) is 0 Å². The minimum absolute atomic E-state index is 0.260. The highest BCUT2D eigenvalue weighted by Gasteiger charge is 2.41. The lowest BCUT2D eigenvalue weighted by Crippen LogP contribution is -2.27. The molecule has 3 heteroatoms. The number of rotatable bonds is 6. The topological polar surface area (TPSA) is 30.5 Å². The van der Waals surface area contributed by atoms with E-state index in [9.17, 15) is 0 Å². The molecule has 2 fully saturated rings. The van der Waals surface area contributed by atoms with Crippen molar-refractivity contribution in [2.45, 2.75) is 57.2 Å². The second-order valence-corrected chi connectivity index (χ2v) is 5.10. The summed E-state index contributed by atoms with van der Waals surface area (Å²) in [5.41, 5.74) is 0.260. The van der Waals surface area contributed by atoms with Crippen LogP contribution in [0.1, 0.15) is 45.4 Å². The van der Waals surface area contributed by atoms with Crippen LogP contribution in [-0.2, 0) is 9.47 Å². The Kier molecular flexibility index (Phi) is 4.62. The number of hydrogen-bond acceptors (Lipinski definition) is 3. The van der Waals surface area contributed by atoms with Crippen molar-refractivity contribution in [1.82, 2.24) is 5.32 Å². The predicted octanol–water partition coefficient (Wildman–Crippen LogP) is 2.10. The van der Waals surface area contributed by atoms with Crippen molar-refractivity contribution < 1.29 is 9.47 Å². The third-order valence-electron chi connectivity index (χ3n) is 3.83. The zero-order valence-electron chi connectivity index (χ0n) is 10.5. The molecule has 1 heterocycles. The Balaban J connectivity index is 1.58. The fourth-order valence-corrected chi connectivity index (χ4v) is 2.94. The number of nitrogens with one attached hydrogen (secondary N) is 1. The lowest BCUT2D eigenvalue weighted by atomic mass is 9.98. The molecule has 1 spiro atoms. The van der Waals surface area contributed by atoms with Crippen LogP contribution in [0.15, 0.2) is 0 Å². The van der Waals surface area contributed by atoms with Crippen molar-refractivity contribution in [2.75, 3.05) is 26.3 Å². The van der Waals surface area contributed by atoms with Gasteiger partial charge in [0.1, 0.15) is 0 Å². The standard InChI is InChI=1S/C13H25NO2/c1-2-14-9-10-15-11-12-5-8-13(16-12)6-3-4-7-13/h12,14H,2-11H2,1H3. The van der Waals surface area contributed by atoms with Crippen molar-refractivity contribution in [2.24, 2.45) is 0 Å². The van der Waals surface area contributed by atoms with Crippen LogP contribution in [0.25, 0.3) is 0 Å². The first-order chi connectivity index (χ1) is 7.85. The van der Waals surface area contributed by atoms with E-state index in [0.29, 0.717) is 6.10 Å². The maximum atomic E-state index is 6.17. The second-order valence-electron chi connectivity index (χ2n) is 5.10. The van der Waals surface area contributed by atoms with E-state index in [2.05, 4.69) is 12.2 Å². The van der Waals surface area contributed by atoms with E-state index in [1.807, 2.05) is 0 Å². The highest BCUT2D eigenvalue weighted by atomic mass is 16.6. The molecule has 3 nitrogen and oxygen atoms in total. The molecular weight excluding hydrogens is 202 g/mol. The first kappa shape index (κ1) is 12.3. The highest BCUT2D eigenvalue weighted by Crippen LogP contribution is 2.43. The van der Waals surface area contributed by atoms with Gasteiger partial charge in [-0.15, -0.1) is 0 Å². The quantitative estimate of drug-likeness (QED) is 0.705. The Bertz CT molecular complexity index is 202. The van der Waals surface area contributed by atoms with Gasteiger partial charge in [-0.2, -0.15) is 0 Å². The van der Waals surface area contributed by atoms with Gasteiger partial charge in [-0.05, 0) is 32.2 Å². The van der Waals surface area contributed by atoms with E-state index >= 15 is 0 Å². The summed E-state index contributed by atoms with van der Waals surface area (Å²) in [4.78, 5) is 0. The Hall–Kier alpha value is -0.120. The average Bonchev–Trinajstić information content (AvgIpc) is 2.90.